The molecule has 1 saturated heterocycles. The van der Waals surface area contributed by atoms with E-state index in [4.69, 9.17) is 9.47 Å². The Morgan fingerprint density at radius 3 is 2.28 bits per heavy atom. The molecule has 2 aromatic carbocycles. The van der Waals surface area contributed by atoms with Crippen LogP contribution in [0.1, 0.15) is 31.4 Å². The summed E-state index contributed by atoms with van der Waals surface area (Å²) in [5.74, 6) is -0.0790. The third kappa shape index (κ3) is 6.08. The predicted octanol–water partition coefficient (Wildman–Crippen LogP) is 3.42. The highest BCUT2D eigenvalue weighted by Gasteiger charge is 2.41. The second-order valence-electron chi connectivity index (χ2n) is 8.55. The van der Waals surface area contributed by atoms with Crippen LogP contribution in [0, 0.1) is 5.92 Å². The van der Waals surface area contributed by atoms with Crippen molar-refractivity contribution in [2.24, 2.45) is 5.92 Å². The van der Waals surface area contributed by atoms with Crippen LogP contribution in [0.3, 0.4) is 0 Å². The van der Waals surface area contributed by atoms with Crippen molar-refractivity contribution in [2.45, 2.75) is 51.7 Å². The minimum atomic E-state index is -1.07. The molecule has 0 radical (unpaired) electrons. The number of aliphatic hydroxyl groups is 1. The molecule has 7 nitrogen and oxygen atoms in total. The molecule has 172 valence electrons. The number of hydrogen-bond acceptors (Lipinski definition) is 5. The number of carbonyl (C=O) groups is 2. The first kappa shape index (κ1) is 23.8. The quantitative estimate of drug-likeness (QED) is 0.681. The average Bonchev–Trinajstić information content (AvgIpc) is 3.16. The number of hydrogen-bond donors (Lipinski definition) is 1. The van der Waals surface area contributed by atoms with E-state index in [0.717, 1.165) is 11.1 Å². The third-order valence-electron chi connectivity index (χ3n) is 5.62. The second kappa shape index (κ2) is 11.1. The van der Waals surface area contributed by atoms with Gasteiger partial charge in [0.05, 0.1) is 6.04 Å². The minimum Gasteiger partial charge on any atom is -0.445 e. The number of aliphatic hydroxyl groups excluding tert-OH is 1. The topological polar surface area (TPSA) is 79.3 Å². The van der Waals surface area contributed by atoms with Gasteiger partial charge in [-0.25, -0.2) is 4.79 Å². The lowest BCUT2D eigenvalue weighted by Crippen LogP contribution is -2.52. The van der Waals surface area contributed by atoms with Crippen LogP contribution in [0.4, 0.5) is 4.79 Å². The second-order valence-corrected chi connectivity index (χ2v) is 8.55. The highest BCUT2D eigenvalue weighted by Crippen LogP contribution is 2.24. The Kier molecular flexibility index (Phi) is 8.25. The fourth-order valence-electron chi connectivity index (χ4n) is 3.82. The first-order chi connectivity index (χ1) is 15.4. The van der Waals surface area contributed by atoms with E-state index in [2.05, 4.69) is 0 Å². The summed E-state index contributed by atoms with van der Waals surface area (Å²) in [6.07, 6.45) is -0.701. The van der Waals surface area contributed by atoms with Crippen LogP contribution in [0.2, 0.25) is 0 Å². The maximum absolute atomic E-state index is 13.5. The van der Waals surface area contributed by atoms with Crippen LogP contribution >= 0.6 is 0 Å². The fraction of sp³-hybridized carbons (Fsp3) is 0.440. The number of nitrogens with zero attached hydrogens (tertiary/aromatic N) is 2. The molecule has 1 N–H and O–H groups in total. The maximum Gasteiger partial charge on any atom is 0.410 e. The molecule has 32 heavy (non-hydrogen) atoms. The molecule has 1 heterocycles. The summed E-state index contributed by atoms with van der Waals surface area (Å²) in [5.41, 5.74) is 1.87. The van der Waals surface area contributed by atoms with Gasteiger partial charge in [0.25, 0.3) is 0 Å². The average molecular weight is 441 g/mol. The van der Waals surface area contributed by atoms with Crippen LogP contribution in [-0.4, -0.2) is 59.1 Å². The third-order valence-corrected chi connectivity index (χ3v) is 5.62. The van der Waals surface area contributed by atoms with E-state index in [-0.39, 0.29) is 25.2 Å². The molecule has 0 aromatic heterocycles. The Bertz CT molecular complexity index is 874. The first-order valence-electron chi connectivity index (χ1n) is 10.9. The number of ether oxygens (including phenoxy) is 2. The van der Waals surface area contributed by atoms with Gasteiger partial charge in [0.2, 0.25) is 5.91 Å². The molecule has 2 amide bonds. The van der Waals surface area contributed by atoms with Gasteiger partial charge in [-0.05, 0) is 29.9 Å². The standard InChI is InChI=1S/C25H32N2O5/c1-18(2)14-21(26(3)25(30)31-16-20-12-8-5-9-13-20)23(28)27-17-32-24(29)22(27)15-19-10-6-4-7-11-19/h4-13,18,21-22,24,29H,14-17H2,1-3H3/t21-,22-,24+/m0/s1. The monoisotopic (exact) mass is 440 g/mol. The van der Waals surface area contributed by atoms with Crippen molar-refractivity contribution < 1.29 is 24.2 Å². The van der Waals surface area contributed by atoms with Gasteiger partial charge in [-0.1, -0.05) is 74.5 Å². The Hall–Kier alpha value is -2.90. The zero-order valence-electron chi connectivity index (χ0n) is 18.9. The summed E-state index contributed by atoms with van der Waals surface area (Å²) in [7, 11) is 1.58. The summed E-state index contributed by atoms with van der Waals surface area (Å²) in [5, 5.41) is 10.4. The normalized spacial score (nSPS) is 19.1. The summed E-state index contributed by atoms with van der Waals surface area (Å²) >= 11 is 0. The lowest BCUT2D eigenvalue weighted by Gasteiger charge is -2.33. The molecule has 3 atom stereocenters. The Morgan fingerprint density at radius 1 is 1.09 bits per heavy atom. The number of rotatable bonds is 8. The molecular weight excluding hydrogens is 408 g/mol. The summed E-state index contributed by atoms with van der Waals surface area (Å²) in [6.45, 7) is 4.12. The molecule has 0 aliphatic carbocycles. The van der Waals surface area contributed by atoms with Crippen molar-refractivity contribution in [3.05, 3.63) is 71.8 Å². The number of carbonyl (C=O) groups excluding carboxylic acids is 2. The van der Waals surface area contributed by atoms with Gasteiger partial charge in [0.15, 0.2) is 6.29 Å². The predicted molar refractivity (Wildman–Crippen MR) is 120 cm³/mol. The number of likely N-dealkylation sites (N-methyl/N-ethyl adjacent to an activating group) is 1. The minimum absolute atomic E-state index is 0.0149. The molecule has 7 heteroatoms. The van der Waals surface area contributed by atoms with Gasteiger partial charge < -0.3 is 19.5 Å². The van der Waals surface area contributed by atoms with Gasteiger partial charge in [-0.2, -0.15) is 0 Å². The van der Waals surface area contributed by atoms with Crippen molar-refractivity contribution in [2.75, 3.05) is 13.8 Å². The van der Waals surface area contributed by atoms with Gasteiger partial charge in [0.1, 0.15) is 19.4 Å². The van der Waals surface area contributed by atoms with Crippen molar-refractivity contribution in [1.29, 1.82) is 0 Å². The molecular formula is C25H32N2O5. The zero-order chi connectivity index (χ0) is 23.1. The van der Waals surface area contributed by atoms with Crippen LogP contribution in [-0.2, 0) is 27.3 Å². The van der Waals surface area contributed by atoms with Crippen molar-refractivity contribution in [1.82, 2.24) is 9.80 Å². The molecule has 1 aliphatic rings. The van der Waals surface area contributed by atoms with Crippen molar-refractivity contribution in [3.63, 3.8) is 0 Å². The Balaban J connectivity index is 1.71. The molecule has 2 aromatic rings. The molecule has 0 spiro atoms. The van der Waals surface area contributed by atoms with Gasteiger partial charge in [-0.15, -0.1) is 0 Å². The highest BCUT2D eigenvalue weighted by atomic mass is 16.6. The SMILES string of the molecule is CC(C)C[C@@H](C(=O)N1CO[C@@H](O)[C@@H]1Cc1ccccc1)N(C)C(=O)OCc1ccccc1. The van der Waals surface area contributed by atoms with E-state index < -0.39 is 24.5 Å². The van der Waals surface area contributed by atoms with E-state index in [1.165, 1.54) is 9.80 Å². The lowest BCUT2D eigenvalue weighted by molar-refractivity contribution is -0.138. The van der Waals surface area contributed by atoms with Gasteiger partial charge in [-0.3, -0.25) is 9.69 Å². The van der Waals surface area contributed by atoms with Crippen LogP contribution in [0.15, 0.2) is 60.7 Å². The molecule has 1 fully saturated rings. The summed E-state index contributed by atoms with van der Waals surface area (Å²) < 4.78 is 10.8. The maximum atomic E-state index is 13.5. The Labute approximate surface area is 189 Å². The number of amides is 2. The molecule has 0 bridgehead atoms. The smallest absolute Gasteiger partial charge is 0.410 e. The molecule has 3 rings (SSSR count). The fourth-order valence-corrected chi connectivity index (χ4v) is 3.82. The van der Waals surface area contributed by atoms with Gasteiger partial charge >= 0.3 is 6.09 Å². The van der Waals surface area contributed by atoms with E-state index >= 15 is 0 Å². The van der Waals surface area contributed by atoms with E-state index in [1.807, 2.05) is 74.5 Å². The van der Waals surface area contributed by atoms with Gasteiger partial charge in [0, 0.05) is 7.05 Å². The van der Waals surface area contributed by atoms with Crippen LogP contribution in [0.25, 0.3) is 0 Å². The summed E-state index contributed by atoms with van der Waals surface area (Å²) in [6, 6.07) is 17.8. The van der Waals surface area contributed by atoms with Crippen molar-refractivity contribution >= 4 is 12.0 Å². The molecule has 1 aliphatic heterocycles. The summed E-state index contributed by atoms with van der Waals surface area (Å²) in [4.78, 5) is 29.2. The van der Waals surface area contributed by atoms with E-state index in [9.17, 15) is 14.7 Å². The van der Waals surface area contributed by atoms with Crippen molar-refractivity contribution in [3.8, 4) is 0 Å². The Morgan fingerprint density at radius 2 is 1.69 bits per heavy atom. The molecule has 0 saturated carbocycles. The number of benzene rings is 2. The van der Waals surface area contributed by atoms with Crippen LogP contribution in [0.5, 0.6) is 0 Å². The first-order valence-corrected chi connectivity index (χ1v) is 10.9. The lowest BCUT2D eigenvalue weighted by atomic mass is 9.99. The highest BCUT2D eigenvalue weighted by molar-refractivity contribution is 5.86. The molecule has 0 unspecified atom stereocenters. The van der Waals surface area contributed by atoms with E-state index in [0.29, 0.717) is 12.8 Å². The largest absolute Gasteiger partial charge is 0.445 e. The van der Waals surface area contributed by atoms with Crippen LogP contribution < -0.4 is 0 Å². The van der Waals surface area contributed by atoms with E-state index in [1.54, 1.807) is 7.05 Å². The zero-order valence-corrected chi connectivity index (χ0v) is 18.9.